The van der Waals surface area contributed by atoms with Gasteiger partial charge in [0.15, 0.2) is 0 Å². The van der Waals surface area contributed by atoms with Gasteiger partial charge in [-0.3, -0.25) is 14.6 Å². The highest BCUT2D eigenvalue weighted by Gasteiger charge is 2.53. The maximum Gasteiger partial charge on any atom is 0.255 e. The van der Waals surface area contributed by atoms with Gasteiger partial charge in [0.05, 0.1) is 11.8 Å². The van der Waals surface area contributed by atoms with Crippen LogP contribution in [-0.4, -0.2) is 72.9 Å². The molecular weight excluding hydrogens is 332 g/mol. The summed E-state index contributed by atoms with van der Waals surface area (Å²) >= 11 is 0. The molecule has 2 saturated heterocycles. The maximum absolute atomic E-state index is 12.5. The van der Waals surface area contributed by atoms with Crippen molar-refractivity contribution in [3.05, 3.63) is 30.1 Å². The molecule has 24 heavy (non-hydrogen) atoms. The van der Waals surface area contributed by atoms with Crippen LogP contribution in [0.25, 0.3) is 0 Å². The molecule has 0 saturated carbocycles. The number of hydrogen-bond acceptors (Lipinski definition) is 5. The summed E-state index contributed by atoms with van der Waals surface area (Å²) < 4.78 is 25.6. The monoisotopic (exact) mass is 352 g/mol. The van der Waals surface area contributed by atoms with E-state index in [9.17, 15) is 18.0 Å². The third kappa shape index (κ3) is 2.89. The highest BCUT2D eigenvalue weighted by molar-refractivity contribution is 7.88. The minimum absolute atomic E-state index is 0.0392. The zero-order valence-corrected chi connectivity index (χ0v) is 14.4. The number of likely N-dealkylation sites (N-methyl/N-ethyl adjacent to an activating group) is 1. The fraction of sp³-hybridized carbons (Fsp3) is 0.533. The SMILES string of the molecule is CNC(=O)[C@H]1C[C@@H]2CN(C(=O)c3cccnc3)C[C@@H]2N1S(C)(=O)=O. The van der Waals surface area contributed by atoms with E-state index in [4.69, 9.17) is 0 Å². The zero-order chi connectivity index (χ0) is 17.5. The fourth-order valence-corrected chi connectivity index (χ4v) is 5.07. The van der Waals surface area contributed by atoms with Gasteiger partial charge in [-0.05, 0) is 24.5 Å². The number of rotatable bonds is 3. The molecule has 2 fully saturated rings. The number of likely N-dealkylation sites (tertiary alicyclic amines) is 1. The van der Waals surface area contributed by atoms with E-state index in [2.05, 4.69) is 10.3 Å². The van der Waals surface area contributed by atoms with Crippen LogP contribution in [0, 0.1) is 5.92 Å². The molecule has 0 bridgehead atoms. The number of pyridine rings is 1. The van der Waals surface area contributed by atoms with Crippen LogP contribution < -0.4 is 5.32 Å². The van der Waals surface area contributed by atoms with Crippen molar-refractivity contribution >= 4 is 21.8 Å². The Kier molecular flexibility index (Phi) is 4.31. The number of fused-ring (bicyclic) bond motifs is 1. The largest absolute Gasteiger partial charge is 0.358 e. The van der Waals surface area contributed by atoms with E-state index in [1.165, 1.54) is 17.5 Å². The van der Waals surface area contributed by atoms with E-state index in [0.717, 1.165) is 6.26 Å². The molecule has 2 amide bonds. The standard InChI is InChI=1S/C15H20N4O4S/c1-16-14(20)12-6-11-8-18(9-13(11)19(12)24(2,22)23)15(21)10-4-3-5-17-7-10/h3-5,7,11-13H,6,8-9H2,1-2H3,(H,16,20)/t11-,12-,13+/m1/s1. The lowest BCUT2D eigenvalue weighted by Gasteiger charge is -2.27. The lowest BCUT2D eigenvalue weighted by molar-refractivity contribution is -0.124. The van der Waals surface area contributed by atoms with E-state index in [1.54, 1.807) is 23.2 Å². The Bertz CT molecular complexity index is 752. The summed E-state index contributed by atoms with van der Waals surface area (Å²) in [7, 11) is -2.06. The molecule has 1 aromatic rings. The topological polar surface area (TPSA) is 99.7 Å². The number of carbonyl (C=O) groups excluding carboxylic acids is 2. The highest BCUT2D eigenvalue weighted by atomic mass is 32.2. The van der Waals surface area contributed by atoms with Gasteiger partial charge in [-0.25, -0.2) is 8.42 Å². The number of hydrogen-bond donors (Lipinski definition) is 1. The van der Waals surface area contributed by atoms with Gasteiger partial charge in [0.2, 0.25) is 15.9 Å². The van der Waals surface area contributed by atoms with E-state index in [0.29, 0.717) is 25.1 Å². The lowest BCUT2D eigenvalue weighted by Crippen LogP contribution is -2.49. The Morgan fingerprint density at radius 1 is 1.33 bits per heavy atom. The number of nitrogens with zero attached hydrogens (tertiary/aromatic N) is 3. The molecule has 130 valence electrons. The average Bonchev–Trinajstić information content (AvgIpc) is 3.10. The zero-order valence-electron chi connectivity index (χ0n) is 13.5. The van der Waals surface area contributed by atoms with E-state index in [1.807, 2.05) is 0 Å². The van der Waals surface area contributed by atoms with Crippen LogP contribution in [0.2, 0.25) is 0 Å². The van der Waals surface area contributed by atoms with Crippen molar-refractivity contribution in [1.29, 1.82) is 0 Å². The van der Waals surface area contributed by atoms with Gasteiger partial charge in [0, 0.05) is 38.6 Å². The lowest BCUT2D eigenvalue weighted by atomic mass is 10.0. The predicted molar refractivity (Wildman–Crippen MR) is 86.6 cm³/mol. The van der Waals surface area contributed by atoms with Crippen molar-refractivity contribution in [3.63, 3.8) is 0 Å². The maximum atomic E-state index is 12.5. The molecule has 8 nitrogen and oxygen atoms in total. The van der Waals surface area contributed by atoms with Crippen molar-refractivity contribution in [2.45, 2.75) is 18.5 Å². The molecular formula is C15H20N4O4S. The van der Waals surface area contributed by atoms with Gasteiger partial charge in [-0.2, -0.15) is 4.31 Å². The van der Waals surface area contributed by atoms with Gasteiger partial charge >= 0.3 is 0 Å². The van der Waals surface area contributed by atoms with Crippen LogP contribution in [0.4, 0.5) is 0 Å². The van der Waals surface area contributed by atoms with Crippen LogP contribution in [0.3, 0.4) is 0 Å². The molecule has 0 aromatic carbocycles. The minimum Gasteiger partial charge on any atom is -0.358 e. The van der Waals surface area contributed by atoms with Crippen LogP contribution in [0.15, 0.2) is 24.5 Å². The molecule has 9 heteroatoms. The number of nitrogens with one attached hydrogen (secondary N) is 1. The number of aromatic nitrogens is 1. The molecule has 2 aliphatic rings. The second-order valence-electron chi connectivity index (χ2n) is 6.24. The van der Waals surface area contributed by atoms with Crippen molar-refractivity contribution in [3.8, 4) is 0 Å². The highest BCUT2D eigenvalue weighted by Crippen LogP contribution is 2.37. The van der Waals surface area contributed by atoms with Gasteiger partial charge in [-0.1, -0.05) is 0 Å². The van der Waals surface area contributed by atoms with Gasteiger partial charge in [0.1, 0.15) is 6.04 Å². The Morgan fingerprint density at radius 3 is 2.67 bits per heavy atom. The van der Waals surface area contributed by atoms with Crippen LogP contribution in [0.1, 0.15) is 16.8 Å². The summed E-state index contributed by atoms with van der Waals surface area (Å²) in [5, 5.41) is 2.52. The molecule has 1 aromatic heterocycles. The third-order valence-corrected chi connectivity index (χ3v) is 5.99. The van der Waals surface area contributed by atoms with Crippen molar-refractivity contribution in [1.82, 2.24) is 19.5 Å². The van der Waals surface area contributed by atoms with Crippen LogP contribution in [-0.2, 0) is 14.8 Å². The molecule has 0 radical (unpaired) electrons. The first-order valence-corrected chi connectivity index (χ1v) is 9.57. The minimum atomic E-state index is -3.55. The first-order chi connectivity index (χ1) is 11.3. The summed E-state index contributed by atoms with van der Waals surface area (Å²) in [5.41, 5.74) is 0.478. The summed E-state index contributed by atoms with van der Waals surface area (Å²) in [5.74, 6) is -0.509. The molecule has 3 heterocycles. The number of sulfonamides is 1. The van der Waals surface area contributed by atoms with Crippen LogP contribution >= 0.6 is 0 Å². The van der Waals surface area contributed by atoms with Crippen molar-refractivity contribution in [2.75, 3.05) is 26.4 Å². The molecule has 0 spiro atoms. The first-order valence-electron chi connectivity index (χ1n) is 7.72. The van der Waals surface area contributed by atoms with Crippen molar-refractivity contribution in [2.24, 2.45) is 5.92 Å². The predicted octanol–water partition coefficient (Wildman–Crippen LogP) is -0.698. The Balaban J connectivity index is 1.82. The molecule has 0 unspecified atom stereocenters. The second-order valence-corrected chi connectivity index (χ2v) is 8.13. The second kappa shape index (κ2) is 6.14. The average molecular weight is 352 g/mol. The summed E-state index contributed by atoms with van der Waals surface area (Å²) in [6.07, 6.45) is 4.62. The third-order valence-electron chi connectivity index (χ3n) is 4.69. The number of amides is 2. The van der Waals surface area contributed by atoms with E-state index < -0.39 is 16.1 Å². The smallest absolute Gasteiger partial charge is 0.255 e. The molecule has 3 atom stereocenters. The molecule has 1 N–H and O–H groups in total. The van der Waals surface area contributed by atoms with Gasteiger partial charge < -0.3 is 10.2 Å². The summed E-state index contributed by atoms with van der Waals surface area (Å²) in [6.45, 7) is 0.733. The molecule has 0 aliphatic carbocycles. The van der Waals surface area contributed by atoms with Crippen LogP contribution in [0.5, 0.6) is 0 Å². The normalized spacial score (nSPS) is 27.1. The Labute approximate surface area is 140 Å². The van der Waals surface area contributed by atoms with Crippen molar-refractivity contribution < 1.29 is 18.0 Å². The summed E-state index contributed by atoms with van der Waals surface area (Å²) in [4.78, 5) is 30.2. The Hall–Kier alpha value is -2.00. The molecule has 3 rings (SSSR count). The molecule has 2 aliphatic heterocycles. The van der Waals surface area contributed by atoms with Gasteiger partial charge in [-0.15, -0.1) is 0 Å². The Morgan fingerprint density at radius 2 is 2.08 bits per heavy atom. The quantitative estimate of drug-likeness (QED) is 0.776. The van der Waals surface area contributed by atoms with Gasteiger partial charge in [0.25, 0.3) is 5.91 Å². The fourth-order valence-electron chi connectivity index (χ4n) is 3.70. The first kappa shape index (κ1) is 16.8. The summed E-state index contributed by atoms with van der Waals surface area (Å²) in [6, 6.07) is 2.32. The van der Waals surface area contributed by atoms with E-state index >= 15 is 0 Å². The number of carbonyl (C=O) groups is 2. The van der Waals surface area contributed by atoms with E-state index in [-0.39, 0.29) is 23.8 Å².